The molecule has 2 unspecified atom stereocenters. The van der Waals surface area contributed by atoms with E-state index in [0.29, 0.717) is 0 Å². The largest absolute Gasteiger partial charge is 0.497 e. The van der Waals surface area contributed by atoms with E-state index < -0.39 is 6.10 Å². The van der Waals surface area contributed by atoms with Gasteiger partial charge in [-0.2, -0.15) is 0 Å². The van der Waals surface area contributed by atoms with Crippen molar-refractivity contribution in [1.29, 1.82) is 0 Å². The highest BCUT2D eigenvalue weighted by Crippen LogP contribution is 2.42. The Morgan fingerprint density at radius 3 is 2.96 bits per heavy atom. The van der Waals surface area contributed by atoms with Crippen LogP contribution in [-0.2, 0) is 0 Å². The van der Waals surface area contributed by atoms with Crippen molar-refractivity contribution in [3.63, 3.8) is 0 Å². The van der Waals surface area contributed by atoms with Gasteiger partial charge in [0.25, 0.3) is 0 Å². The molecule has 1 aromatic carbocycles. The predicted molar refractivity (Wildman–Crippen MR) is 95.1 cm³/mol. The molecule has 3 fully saturated rings. The number of pyridine rings is 1. The van der Waals surface area contributed by atoms with E-state index in [1.54, 1.807) is 13.3 Å². The van der Waals surface area contributed by atoms with Gasteiger partial charge >= 0.3 is 0 Å². The first kappa shape index (κ1) is 15.9. The molecule has 3 aliphatic heterocycles. The number of aliphatic hydroxyl groups excluding tert-OH is 1. The van der Waals surface area contributed by atoms with Crippen LogP contribution in [0.3, 0.4) is 0 Å². The predicted octanol–water partition coefficient (Wildman–Crippen LogP) is 3.40. The van der Waals surface area contributed by atoms with Crippen molar-refractivity contribution in [1.82, 2.24) is 9.88 Å². The lowest BCUT2D eigenvalue weighted by Gasteiger charge is -2.51. The molecule has 2 bridgehead atoms. The Bertz CT molecular complexity index is 733. The van der Waals surface area contributed by atoms with Gasteiger partial charge in [-0.15, -0.1) is 0 Å². The first-order valence-electron chi connectivity index (χ1n) is 9.06. The monoisotopic (exact) mass is 326 g/mol. The summed E-state index contributed by atoms with van der Waals surface area (Å²) in [4.78, 5) is 6.94. The Hall–Kier alpha value is -1.65. The van der Waals surface area contributed by atoms with Crippen LogP contribution in [0, 0.1) is 11.8 Å². The van der Waals surface area contributed by atoms with E-state index in [9.17, 15) is 5.11 Å². The number of aromatic nitrogens is 1. The Kier molecular flexibility index (Phi) is 4.19. The summed E-state index contributed by atoms with van der Waals surface area (Å²) in [5.74, 6) is 2.37. The average Bonchev–Trinajstić information content (AvgIpc) is 2.66. The fourth-order valence-electron chi connectivity index (χ4n) is 4.71. The summed E-state index contributed by atoms with van der Waals surface area (Å²) in [5, 5.41) is 12.2. The van der Waals surface area contributed by atoms with Crippen LogP contribution in [0.4, 0.5) is 0 Å². The van der Waals surface area contributed by atoms with Crippen molar-refractivity contribution in [2.24, 2.45) is 11.8 Å². The standard InChI is InChI=1S/C20H26N2O2/c1-3-13-12-22-9-7-14(13)10-19(22)20(23)16-6-8-21-18-5-4-15(24-2)11-17(16)18/h4-6,8,11,13-14,19-20,23H,3,7,9-10,12H2,1-2H3/t13-,14-,19?,20-/m0/s1. The molecule has 24 heavy (non-hydrogen) atoms. The molecule has 3 saturated heterocycles. The van der Waals surface area contributed by atoms with E-state index in [1.165, 1.54) is 12.8 Å². The van der Waals surface area contributed by atoms with Crippen LogP contribution < -0.4 is 4.74 Å². The Morgan fingerprint density at radius 1 is 1.38 bits per heavy atom. The van der Waals surface area contributed by atoms with Gasteiger partial charge in [-0.25, -0.2) is 0 Å². The highest BCUT2D eigenvalue weighted by atomic mass is 16.5. The van der Waals surface area contributed by atoms with Gasteiger partial charge in [0, 0.05) is 24.2 Å². The zero-order valence-corrected chi connectivity index (χ0v) is 14.5. The molecule has 0 radical (unpaired) electrons. The number of rotatable bonds is 4. The van der Waals surface area contributed by atoms with Gasteiger partial charge in [-0.1, -0.05) is 13.3 Å². The third-order valence-corrected chi connectivity index (χ3v) is 6.13. The second-order valence-corrected chi connectivity index (χ2v) is 7.24. The zero-order valence-electron chi connectivity index (χ0n) is 14.5. The van der Waals surface area contributed by atoms with Gasteiger partial charge in [-0.3, -0.25) is 9.88 Å². The second-order valence-electron chi connectivity index (χ2n) is 7.24. The van der Waals surface area contributed by atoms with E-state index in [2.05, 4.69) is 16.8 Å². The third-order valence-electron chi connectivity index (χ3n) is 6.13. The van der Waals surface area contributed by atoms with E-state index in [4.69, 9.17) is 4.74 Å². The highest BCUT2D eigenvalue weighted by molar-refractivity contribution is 5.83. The van der Waals surface area contributed by atoms with E-state index in [-0.39, 0.29) is 6.04 Å². The zero-order chi connectivity index (χ0) is 16.7. The maximum atomic E-state index is 11.2. The average molecular weight is 326 g/mol. The first-order valence-corrected chi connectivity index (χ1v) is 9.06. The fourth-order valence-corrected chi connectivity index (χ4v) is 4.71. The van der Waals surface area contributed by atoms with E-state index >= 15 is 0 Å². The van der Waals surface area contributed by atoms with Crippen molar-refractivity contribution >= 4 is 10.9 Å². The lowest BCUT2D eigenvalue weighted by Crippen LogP contribution is -2.55. The summed E-state index contributed by atoms with van der Waals surface area (Å²) in [7, 11) is 1.67. The summed E-state index contributed by atoms with van der Waals surface area (Å²) in [5.41, 5.74) is 1.89. The van der Waals surface area contributed by atoms with Crippen LogP contribution >= 0.6 is 0 Å². The lowest BCUT2D eigenvalue weighted by atomic mass is 9.72. The molecule has 4 heterocycles. The minimum Gasteiger partial charge on any atom is -0.497 e. The fraction of sp³-hybridized carbons (Fsp3) is 0.550. The van der Waals surface area contributed by atoms with Crippen LogP contribution in [0.25, 0.3) is 10.9 Å². The topological polar surface area (TPSA) is 45.6 Å². The molecule has 0 aliphatic carbocycles. The first-order chi connectivity index (χ1) is 11.7. The van der Waals surface area contributed by atoms with Gasteiger partial charge in [0.1, 0.15) is 5.75 Å². The Morgan fingerprint density at radius 2 is 2.25 bits per heavy atom. The molecule has 4 nitrogen and oxygen atoms in total. The Balaban J connectivity index is 1.68. The number of nitrogens with zero attached hydrogens (tertiary/aromatic N) is 2. The molecule has 1 aromatic heterocycles. The van der Waals surface area contributed by atoms with Crippen LogP contribution in [0.5, 0.6) is 5.75 Å². The number of hydrogen-bond donors (Lipinski definition) is 1. The number of piperidine rings is 3. The third kappa shape index (κ3) is 2.58. The second kappa shape index (κ2) is 6.34. The van der Waals surface area contributed by atoms with Crippen LogP contribution in [0.15, 0.2) is 30.5 Å². The summed E-state index contributed by atoms with van der Waals surface area (Å²) in [6, 6.07) is 8.07. The van der Waals surface area contributed by atoms with Crippen LogP contribution in [0.1, 0.15) is 37.9 Å². The Labute approximate surface area is 143 Å². The molecule has 5 atom stereocenters. The normalized spacial score (nSPS) is 30.5. The van der Waals surface area contributed by atoms with Crippen molar-refractivity contribution in [3.05, 3.63) is 36.0 Å². The SMILES string of the molecule is CC[C@H]1CN2CC[C@H]1CC2[C@@H](O)c1ccnc2ccc(OC)cc12. The summed E-state index contributed by atoms with van der Waals surface area (Å²) < 4.78 is 5.36. The summed E-state index contributed by atoms with van der Waals surface area (Å²) in [6.07, 6.45) is 4.97. The quantitative estimate of drug-likeness (QED) is 0.935. The number of aliphatic hydroxyl groups is 1. The lowest BCUT2D eigenvalue weighted by molar-refractivity contribution is -0.0562. The summed E-state index contributed by atoms with van der Waals surface area (Å²) in [6.45, 7) is 4.55. The van der Waals surface area contributed by atoms with Crippen molar-refractivity contribution in [2.75, 3.05) is 20.2 Å². The molecule has 128 valence electrons. The molecule has 0 spiro atoms. The number of hydrogen-bond acceptors (Lipinski definition) is 4. The van der Waals surface area contributed by atoms with E-state index in [0.717, 1.165) is 53.6 Å². The van der Waals surface area contributed by atoms with Gasteiger partial charge in [0.05, 0.1) is 18.7 Å². The van der Waals surface area contributed by atoms with Crippen molar-refractivity contribution in [2.45, 2.75) is 38.3 Å². The molecule has 3 aliphatic rings. The van der Waals surface area contributed by atoms with Gasteiger partial charge < -0.3 is 9.84 Å². The minimum absolute atomic E-state index is 0.225. The molecular weight excluding hydrogens is 300 g/mol. The molecule has 4 heteroatoms. The van der Waals surface area contributed by atoms with Crippen LogP contribution in [-0.4, -0.2) is 41.2 Å². The molecule has 0 amide bonds. The minimum atomic E-state index is -0.469. The number of benzene rings is 1. The maximum absolute atomic E-state index is 11.2. The number of fused-ring (bicyclic) bond motifs is 4. The highest BCUT2D eigenvalue weighted by Gasteiger charge is 2.42. The summed E-state index contributed by atoms with van der Waals surface area (Å²) >= 11 is 0. The van der Waals surface area contributed by atoms with Gasteiger partial charge in [-0.05, 0) is 61.1 Å². The van der Waals surface area contributed by atoms with Crippen molar-refractivity contribution in [3.8, 4) is 5.75 Å². The molecule has 0 saturated carbocycles. The maximum Gasteiger partial charge on any atom is 0.119 e. The smallest absolute Gasteiger partial charge is 0.119 e. The molecule has 5 rings (SSSR count). The van der Waals surface area contributed by atoms with Gasteiger partial charge in [0.15, 0.2) is 0 Å². The molecule has 2 aromatic rings. The van der Waals surface area contributed by atoms with Crippen molar-refractivity contribution < 1.29 is 9.84 Å². The van der Waals surface area contributed by atoms with E-state index in [1.807, 2.05) is 24.3 Å². The van der Waals surface area contributed by atoms with Crippen LogP contribution in [0.2, 0.25) is 0 Å². The number of methoxy groups -OCH3 is 1. The molecule has 1 N–H and O–H groups in total. The number of ether oxygens (including phenoxy) is 1. The molecular formula is C20H26N2O2. The van der Waals surface area contributed by atoms with Gasteiger partial charge in [0.2, 0.25) is 0 Å².